The van der Waals surface area contributed by atoms with Crippen LogP contribution in [0.15, 0.2) is 0 Å². The molecule has 0 aliphatic carbocycles. The molecule has 0 aromatic rings. The average molecular weight is 247 g/mol. The summed E-state index contributed by atoms with van der Waals surface area (Å²) in [4.78, 5) is 26.1. The van der Waals surface area contributed by atoms with Crippen LogP contribution in [-0.2, 0) is 9.13 Å². The minimum Gasteiger partial charge on any atom is -0.392 e. The molecule has 0 rings (SSSR count). The van der Waals surface area contributed by atoms with Crippen molar-refractivity contribution >= 4 is 15.6 Å². The summed E-state index contributed by atoms with van der Waals surface area (Å²) in [6.07, 6.45) is -1.15. The fourth-order valence-corrected chi connectivity index (χ4v) is 3.26. The molecule has 0 amide bonds. The first kappa shape index (κ1) is 14.3. The number of rotatable bonds is 6. The van der Waals surface area contributed by atoms with Crippen molar-refractivity contribution in [3.05, 3.63) is 0 Å². The molecule has 0 aliphatic rings. The van der Waals surface area contributed by atoms with Crippen molar-refractivity contribution in [2.75, 3.05) is 6.54 Å². The van der Waals surface area contributed by atoms with Crippen LogP contribution < -0.4 is 5.73 Å². The van der Waals surface area contributed by atoms with Crippen LogP contribution in [-0.4, -0.2) is 37.8 Å². The van der Waals surface area contributed by atoms with Gasteiger partial charge >= 0.3 is 7.60 Å². The quantitative estimate of drug-likeness (QED) is 0.381. The van der Waals surface area contributed by atoms with Crippen molar-refractivity contribution in [1.82, 2.24) is 0 Å². The third-order valence-corrected chi connectivity index (χ3v) is 5.32. The second kappa shape index (κ2) is 5.98. The highest BCUT2D eigenvalue weighted by Gasteiger charge is 2.39. The van der Waals surface area contributed by atoms with E-state index >= 15 is 0 Å². The van der Waals surface area contributed by atoms with Gasteiger partial charge in [0, 0.05) is 0 Å². The van der Waals surface area contributed by atoms with Crippen molar-refractivity contribution in [2.24, 2.45) is 5.73 Å². The first-order valence-corrected chi connectivity index (χ1v) is 7.08. The smallest absolute Gasteiger partial charge is 0.340 e. The Balaban J connectivity index is 4.51. The lowest BCUT2D eigenvalue weighted by Gasteiger charge is -2.20. The maximum absolute atomic E-state index is 10.7. The molecule has 0 saturated heterocycles. The summed E-state index contributed by atoms with van der Waals surface area (Å²) in [7, 11) is -8.20. The van der Waals surface area contributed by atoms with Gasteiger partial charge in [-0.3, -0.25) is 9.13 Å². The van der Waals surface area contributed by atoms with E-state index in [1.807, 2.05) is 0 Å². The van der Waals surface area contributed by atoms with E-state index in [0.29, 0.717) is 6.42 Å². The van der Waals surface area contributed by atoms with Crippen LogP contribution >= 0.6 is 15.6 Å². The van der Waals surface area contributed by atoms with E-state index in [1.165, 1.54) is 0 Å². The highest BCUT2D eigenvalue weighted by Crippen LogP contribution is 2.53. The Hall–Kier alpha value is 0.260. The number of aliphatic hydroxyl groups excluding tert-OH is 1. The third-order valence-electron chi connectivity index (χ3n) is 1.68. The van der Waals surface area contributed by atoms with Crippen LogP contribution in [0.4, 0.5) is 0 Å². The van der Waals surface area contributed by atoms with Gasteiger partial charge < -0.3 is 25.5 Å². The van der Waals surface area contributed by atoms with Crippen molar-refractivity contribution in [2.45, 2.75) is 24.3 Å². The molecule has 0 aliphatic heterocycles. The minimum absolute atomic E-state index is 0.00322. The molecule has 0 aromatic carbocycles. The lowest BCUT2D eigenvalue weighted by atomic mass is 10.2. The Morgan fingerprint density at radius 1 is 1.43 bits per heavy atom. The van der Waals surface area contributed by atoms with Crippen LogP contribution in [0.25, 0.3) is 0 Å². The minimum atomic E-state index is -4.74. The lowest BCUT2D eigenvalue weighted by molar-refractivity contribution is 0.163. The van der Waals surface area contributed by atoms with Gasteiger partial charge in [0.15, 0.2) is 5.40 Å². The average Bonchev–Trinajstić information content (AvgIpc) is 1.97. The van der Waals surface area contributed by atoms with E-state index in [4.69, 9.17) is 20.4 Å². The Morgan fingerprint density at radius 2 is 1.93 bits per heavy atom. The fraction of sp³-hybridized carbons (Fsp3) is 1.00. The predicted octanol–water partition coefficient (Wildman–Crippen LogP) is -0.943. The molecule has 3 atom stereocenters. The van der Waals surface area contributed by atoms with E-state index in [0.717, 1.165) is 0 Å². The van der Waals surface area contributed by atoms with E-state index in [-0.39, 0.29) is 13.0 Å². The molecule has 0 fully saturated rings. The maximum atomic E-state index is 10.7. The van der Waals surface area contributed by atoms with Gasteiger partial charge in [0.1, 0.15) is 0 Å². The third kappa shape index (κ3) is 4.66. The first-order valence-electron chi connectivity index (χ1n) is 3.97. The second-order valence-electron chi connectivity index (χ2n) is 2.87. The molecule has 7 nitrogen and oxygen atoms in total. The number of hydrogen-bond acceptors (Lipinski definition) is 4. The van der Waals surface area contributed by atoms with Gasteiger partial charge in [0.25, 0.3) is 0 Å². The van der Waals surface area contributed by atoms with Crippen molar-refractivity contribution in [3.8, 4) is 0 Å². The van der Waals surface area contributed by atoms with Gasteiger partial charge in [-0.15, -0.1) is 0 Å². The fourth-order valence-electron chi connectivity index (χ4n) is 1.02. The normalized spacial score (nSPS) is 18.9. The Morgan fingerprint density at radius 3 is 2.21 bits per heavy atom. The number of hydrogen-bond donors (Lipinski definition) is 5. The molecule has 14 heavy (non-hydrogen) atoms. The van der Waals surface area contributed by atoms with Crippen molar-refractivity contribution in [1.29, 1.82) is 0 Å². The Labute approximate surface area is 82.0 Å². The molecular weight excluding hydrogens is 232 g/mol. The van der Waals surface area contributed by atoms with E-state index in [2.05, 4.69) is 0 Å². The van der Waals surface area contributed by atoms with Crippen LogP contribution in [0.2, 0.25) is 0 Å². The summed E-state index contributed by atoms with van der Waals surface area (Å²) in [5.74, 6) is 0. The molecule has 3 unspecified atom stereocenters. The van der Waals surface area contributed by atoms with Crippen molar-refractivity contribution in [3.63, 3.8) is 0 Å². The van der Waals surface area contributed by atoms with Gasteiger partial charge in [0.05, 0.1) is 6.10 Å². The van der Waals surface area contributed by atoms with E-state index in [9.17, 15) is 14.2 Å². The lowest BCUT2D eigenvalue weighted by Crippen LogP contribution is -2.24. The van der Waals surface area contributed by atoms with E-state index in [1.54, 1.807) is 0 Å². The number of nitrogens with two attached hydrogens (primary N) is 1. The zero-order valence-corrected chi connectivity index (χ0v) is 9.30. The van der Waals surface area contributed by atoms with Crippen molar-refractivity contribution < 1.29 is 28.9 Å². The first-order chi connectivity index (χ1) is 6.30. The van der Waals surface area contributed by atoms with Crippen LogP contribution in [0, 0.1) is 0 Å². The molecule has 0 heterocycles. The van der Waals surface area contributed by atoms with Gasteiger partial charge in [-0.25, -0.2) is 0 Å². The molecule has 0 radical (unpaired) electrons. The van der Waals surface area contributed by atoms with Crippen LogP contribution in [0.1, 0.15) is 12.8 Å². The monoisotopic (exact) mass is 247 g/mol. The zero-order chi connectivity index (χ0) is 11.4. The SMILES string of the molecule is NCCCC(O)C([PH](=O)O)P(=O)(O)O. The highest BCUT2D eigenvalue weighted by molar-refractivity contribution is 7.65. The summed E-state index contributed by atoms with van der Waals surface area (Å²) in [6.45, 7) is 0.247. The standard InChI is InChI=1S/C5H15NO6P2/c6-3-1-2-4(7)5(13(8)9)14(10,11)12/h4-5,7,13H,1-3,6H2,(H,8,9)(H2,10,11,12). The molecule has 6 N–H and O–H groups in total. The molecule has 0 bridgehead atoms. The summed E-state index contributed by atoms with van der Waals surface area (Å²) < 4.78 is 21.4. The Kier molecular flexibility index (Phi) is 6.09. The molecule has 86 valence electrons. The largest absolute Gasteiger partial charge is 0.392 e. The zero-order valence-electron chi connectivity index (χ0n) is 7.41. The molecular formula is C5H15NO6P2. The number of aliphatic hydroxyl groups is 1. The summed E-state index contributed by atoms with van der Waals surface area (Å²) in [5.41, 5.74) is 5.12. The summed E-state index contributed by atoms with van der Waals surface area (Å²) >= 11 is 0. The molecule has 0 spiro atoms. The predicted molar refractivity (Wildman–Crippen MR) is 51.3 cm³/mol. The summed E-state index contributed by atoms with van der Waals surface area (Å²) in [5, 5.41) is 7.39. The van der Waals surface area contributed by atoms with Crippen LogP contribution in [0.3, 0.4) is 0 Å². The molecule has 9 heteroatoms. The van der Waals surface area contributed by atoms with Crippen LogP contribution in [0.5, 0.6) is 0 Å². The van der Waals surface area contributed by atoms with E-state index < -0.39 is 27.1 Å². The summed E-state index contributed by atoms with van der Waals surface area (Å²) in [6, 6.07) is 0. The van der Waals surface area contributed by atoms with Gasteiger partial charge in [-0.1, -0.05) is 0 Å². The maximum Gasteiger partial charge on any atom is 0.340 e. The Bertz CT molecular complexity index is 240. The second-order valence-corrected chi connectivity index (χ2v) is 6.39. The van der Waals surface area contributed by atoms with Gasteiger partial charge in [0.2, 0.25) is 8.03 Å². The van der Waals surface area contributed by atoms with Gasteiger partial charge in [-0.05, 0) is 19.4 Å². The topological polar surface area (TPSA) is 141 Å². The highest BCUT2D eigenvalue weighted by atomic mass is 31.2. The molecule has 0 aromatic heterocycles. The molecule has 0 saturated carbocycles. The van der Waals surface area contributed by atoms with Gasteiger partial charge in [-0.2, -0.15) is 0 Å².